The van der Waals surface area contributed by atoms with Crippen molar-refractivity contribution >= 4 is 6.08 Å². The molecule has 1 unspecified atom stereocenters. The maximum Gasteiger partial charge on any atom is 0.126 e. The van der Waals surface area contributed by atoms with Gasteiger partial charge in [0.05, 0.1) is 6.26 Å². The fraction of sp³-hybridized carbons (Fsp3) is 0.308. The zero-order valence-corrected chi connectivity index (χ0v) is 18.1. The summed E-state index contributed by atoms with van der Waals surface area (Å²) in [5.74, 6) is 2.48. The average molecular weight is 420 g/mol. The van der Waals surface area contributed by atoms with Crippen LogP contribution in [0.25, 0.3) is 6.08 Å². The molecule has 5 nitrogen and oxygen atoms in total. The molecule has 162 valence electrons. The number of aliphatic hydroxyl groups is 1. The normalized spacial score (nSPS) is 16.7. The van der Waals surface area contributed by atoms with Gasteiger partial charge in [-0.05, 0) is 61.9 Å². The third-order valence-corrected chi connectivity index (χ3v) is 5.41. The summed E-state index contributed by atoms with van der Waals surface area (Å²) in [6, 6.07) is 19.3. The highest BCUT2D eigenvalue weighted by atomic mass is 16.5. The van der Waals surface area contributed by atoms with E-state index in [0.29, 0.717) is 6.61 Å². The molecular weight excluding hydrogens is 390 g/mol. The van der Waals surface area contributed by atoms with Gasteiger partial charge in [-0.2, -0.15) is 0 Å². The lowest BCUT2D eigenvalue weighted by molar-refractivity contribution is 0.00748. The van der Waals surface area contributed by atoms with E-state index in [4.69, 9.17) is 13.9 Å². The van der Waals surface area contributed by atoms with Crippen LogP contribution < -0.4 is 9.47 Å². The lowest BCUT2D eigenvalue weighted by Gasteiger charge is -2.25. The molecule has 0 bridgehead atoms. The Bertz CT molecular complexity index is 1010. The first-order chi connectivity index (χ1) is 15.0. The number of furan rings is 1. The number of nitrogens with zero attached hydrogens (tertiary/aromatic N) is 1. The smallest absolute Gasteiger partial charge is 0.126 e. The van der Waals surface area contributed by atoms with Crippen LogP contribution in [0.4, 0.5) is 0 Å². The fourth-order valence-electron chi connectivity index (χ4n) is 3.76. The summed E-state index contributed by atoms with van der Waals surface area (Å²) in [6.07, 6.45) is 3.75. The Morgan fingerprint density at radius 1 is 1.16 bits per heavy atom. The number of benzene rings is 2. The Labute approximate surface area is 183 Å². The molecule has 1 aliphatic heterocycles. The van der Waals surface area contributed by atoms with Gasteiger partial charge in [-0.25, -0.2) is 0 Å². The van der Waals surface area contributed by atoms with Gasteiger partial charge in [0.15, 0.2) is 0 Å². The van der Waals surface area contributed by atoms with Crippen molar-refractivity contribution < 1.29 is 19.0 Å². The molecular formula is C26H29NO4. The van der Waals surface area contributed by atoms with Gasteiger partial charge >= 0.3 is 0 Å². The topological polar surface area (TPSA) is 55.1 Å². The van der Waals surface area contributed by atoms with Crippen molar-refractivity contribution in [2.75, 3.05) is 26.3 Å². The minimum Gasteiger partial charge on any atom is -0.492 e. The highest BCUT2D eigenvalue weighted by Crippen LogP contribution is 2.30. The van der Waals surface area contributed by atoms with Gasteiger partial charge in [-0.15, -0.1) is 0 Å². The molecule has 1 N–H and O–H groups in total. The molecule has 3 aromatic rings. The van der Waals surface area contributed by atoms with Gasteiger partial charge in [0.1, 0.15) is 36.1 Å². The van der Waals surface area contributed by atoms with Crippen LogP contribution in [0.15, 0.2) is 76.9 Å². The second-order valence-electron chi connectivity index (χ2n) is 8.26. The first-order valence-corrected chi connectivity index (χ1v) is 10.6. The lowest BCUT2D eigenvalue weighted by atomic mass is 9.94. The van der Waals surface area contributed by atoms with Crippen LogP contribution >= 0.6 is 0 Å². The monoisotopic (exact) mass is 419 g/mol. The van der Waals surface area contributed by atoms with Crippen molar-refractivity contribution in [3.05, 3.63) is 89.4 Å². The zero-order chi connectivity index (χ0) is 21.7. The summed E-state index contributed by atoms with van der Waals surface area (Å²) >= 11 is 0. The van der Waals surface area contributed by atoms with Crippen molar-refractivity contribution in [1.29, 1.82) is 0 Å². The molecule has 0 saturated heterocycles. The maximum atomic E-state index is 11.1. The van der Waals surface area contributed by atoms with Crippen molar-refractivity contribution in [2.24, 2.45) is 0 Å². The largest absolute Gasteiger partial charge is 0.492 e. The first-order valence-electron chi connectivity index (χ1n) is 10.6. The van der Waals surface area contributed by atoms with E-state index in [0.717, 1.165) is 48.0 Å². The molecule has 2 aromatic carbocycles. The lowest BCUT2D eigenvalue weighted by Crippen LogP contribution is -2.30. The highest BCUT2D eigenvalue weighted by molar-refractivity contribution is 5.47. The minimum absolute atomic E-state index is 0.172. The number of para-hydroxylation sites is 1. The third kappa shape index (κ3) is 5.57. The maximum absolute atomic E-state index is 11.1. The molecule has 1 atom stereocenters. The van der Waals surface area contributed by atoms with E-state index >= 15 is 0 Å². The van der Waals surface area contributed by atoms with Crippen molar-refractivity contribution in [2.45, 2.75) is 26.0 Å². The fourth-order valence-corrected chi connectivity index (χ4v) is 3.76. The van der Waals surface area contributed by atoms with Crippen LogP contribution in [0, 0.1) is 0 Å². The van der Waals surface area contributed by atoms with Crippen molar-refractivity contribution in [1.82, 2.24) is 4.90 Å². The van der Waals surface area contributed by atoms with Gasteiger partial charge < -0.3 is 19.0 Å². The molecule has 0 amide bonds. The summed E-state index contributed by atoms with van der Waals surface area (Å²) in [7, 11) is 0. The van der Waals surface area contributed by atoms with E-state index in [1.165, 1.54) is 5.57 Å². The Morgan fingerprint density at radius 2 is 2.00 bits per heavy atom. The zero-order valence-electron chi connectivity index (χ0n) is 18.1. The Morgan fingerprint density at radius 3 is 2.77 bits per heavy atom. The highest BCUT2D eigenvalue weighted by Gasteiger charge is 2.26. The van der Waals surface area contributed by atoms with E-state index < -0.39 is 5.60 Å². The van der Waals surface area contributed by atoms with Crippen LogP contribution in [0.5, 0.6) is 11.5 Å². The molecule has 31 heavy (non-hydrogen) atoms. The van der Waals surface area contributed by atoms with Crippen LogP contribution in [0.3, 0.4) is 0 Å². The molecule has 1 aromatic heterocycles. The van der Waals surface area contributed by atoms with Crippen molar-refractivity contribution in [3.63, 3.8) is 0 Å². The molecule has 5 heteroatoms. The van der Waals surface area contributed by atoms with Crippen molar-refractivity contribution in [3.8, 4) is 11.5 Å². The Hall–Kier alpha value is -3.02. The van der Waals surface area contributed by atoms with Crippen LogP contribution in [-0.2, 0) is 12.1 Å². The number of hydrogen-bond donors (Lipinski definition) is 1. The van der Waals surface area contributed by atoms with Crippen LogP contribution in [0.2, 0.25) is 0 Å². The predicted molar refractivity (Wildman–Crippen MR) is 121 cm³/mol. The molecule has 0 radical (unpaired) electrons. The van der Waals surface area contributed by atoms with E-state index in [1.807, 2.05) is 60.7 Å². The van der Waals surface area contributed by atoms with Gasteiger partial charge in [0.2, 0.25) is 0 Å². The molecule has 0 fully saturated rings. The quantitative estimate of drug-likeness (QED) is 0.592. The third-order valence-electron chi connectivity index (χ3n) is 5.41. The number of ether oxygens (including phenoxy) is 2. The molecule has 0 spiro atoms. The predicted octanol–water partition coefficient (Wildman–Crippen LogP) is 4.86. The summed E-state index contributed by atoms with van der Waals surface area (Å²) in [5, 5.41) is 11.1. The number of fused-ring (bicyclic) bond motifs is 1. The summed E-state index contributed by atoms with van der Waals surface area (Å²) < 4.78 is 17.2. The average Bonchev–Trinajstić information content (AvgIpc) is 3.18. The summed E-state index contributed by atoms with van der Waals surface area (Å²) in [5.41, 5.74) is 1.99. The van der Waals surface area contributed by atoms with E-state index in [-0.39, 0.29) is 6.61 Å². The second kappa shape index (κ2) is 9.41. The minimum atomic E-state index is -1.11. The van der Waals surface area contributed by atoms with Gasteiger partial charge in [0.25, 0.3) is 0 Å². The van der Waals surface area contributed by atoms with Gasteiger partial charge in [-0.3, -0.25) is 4.90 Å². The molecule has 1 aliphatic rings. The molecule has 0 aliphatic carbocycles. The van der Waals surface area contributed by atoms with Crippen LogP contribution in [-0.4, -0.2) is 36.3 Å². The molecule has 2 heterocycles. The molecule has 0 saturated carbocycles. The van der Waals surface area contributed by atoms with E-state index in [1.54, 1.807) is 13.2 Å². The second-order valence-corrected chi connectivity index (χ2v) is 8.26. The van der Waals surface area contributed by atoms with E-state index in [2.05, 4.69) is 17.9 Å². The van der Waals surface area contributed by atoms with Gasteiger partial charge in [0, 0.05) is 25.2 Å². The number of rotatable bonds is 7. The standard InChI is InChI=1S/C26H29NO4/c1-20(15-24-9-6-13-29-24)17-27-12-14-30-25-11-10-22(16-21(25)18-27)26(2,28)19-31-23-7-4-3-5-8-23/h3-11,13,15-16,28H,12,14,17-19H2,1-2H3/b20-15+. The Kier molecular flexibility index (Phi) is 6.44. The first kappa shape index (κ1) is 21.2. The number of hydrogen-bond acceptors (Lipinski definition) is 5. The van der Waals surface area contributed by atoms with Crippen LogP contribution in [0.1, 0.15) is 30.7 Å². The van der Waals surface area contributed by atoms with E-state index in [9.17, 15) is 5.11 Å². The molecule has 4 rings (SSSR count). The summed E-state index contributed by atoms with van der Waals surface area (Å²) in [6.45, 7) is 7.10. The van der Waals surface area contributed by atoms with Gasteiger partial charge in [-0.1, -0.05) is 29.8 Å². The SMILES string of the molecule is C/C(=C\c1ccco1)CN1CCOc2ccc(C(C)(O)COc3ccccc3)cc2C1. The Balaban J connectivity index is 1.46. The summed E-state index contributed by atoms with van der Waals surface area (Å²) in [4.78, 5) is 2.35.